The zero-order chi connectivity index (χ0) is 14.8. The summed E-state index contributed by atoms with van der Waals surface area (Å²) < 4.78 is 5.56. The molecule has 1 aromatic heterocycles. The zero-order valence-corrected chi connectivity index (χ0v) is 12.8. The summed E-state index contributed by atoms with van der Waals surface area (Å²) in [6.07, 6.45) is 1.88. The highest BCUT2D eigenvalue weighted by molar-refractivity contribution is 5.94. The Balaban J connectivity index is 1.81. The van der Waals surface area contributed by atoms with Gasteiger partial charge in [-0.25, -0.2) is 0 Å². The van der Waals surface area contributed by atoms with E-state index in [1.54, 1.807) is 0 Å². The molecule has 1 aromatic rings. The van der Waals surface area contributed by atoms with Crippen molar-refractivity contribution in [3.63, 3.8) is 0 Å². The first-order chi connectivity index (χ1) is 10.2. The normalized spacial score (nSPS) is 22.4. The molecule has 2 aliphatic heterocycles. The van der Waals surface area contributed by atoms with Gasteiger partial charge in [-0.05, 0) is 12.3 Å². The number of H-pyrrole nitrogens is 1. The Morgan fingerprint density at radius 1 is 1.52 bits per heavy atom. The number of nitrogens with one attached hydrogen (secondary N) is 2. The van der Waals surface area contributed by atoms with Crippen LogP contribution >= 0.6 is 0 Å². The second kappa shape index (κ2) is 6.15. The third-order valence-corrected chi connectivity index (χ3v) is 4.24. The summed E-state index contributed by atoms with van der Waals surface area (Å²) in [6.45, 7) is 7.93. The van der Waals surface area contributed by atoms with Crippen molar-refractivity contribution in [2.75, 3.05) is 26.3 Å². The highest BCUT2D eigenvalue weighted by Gasteiger charge is 2.32. The smallest absolute Gasteiger partial charge is 0.275 e. The molecule has 0 aromatic carbocycles. The van der Waals surface area contributed by atoms with Crippen LogP contribution < -0.4 is 5.32 Å². The topological polar surface area (TPSA) is 70.2 Å². The average Bonchev–Trinajstić information content (AvgIpc) is 2.90. The van der Waals surface area contributed by atoms with E-state index in [1.165, 1.54) is 0 Å². The van der Waals surface area contributed by atoms with Gasteiger partial charge in [-0.15, -0.1) is 0 Å². The molecular weight excluding hydrogens is 268 g/mol. The number of hydrogen-bond donors (Lipinski definition) is 2. The molecule has 0 bridgehead atoms. The summed E-state index contributed by atoms with van der Waals surface area (Å²) in [7, 11) is 0. The van der Waals surface area contributed by atoms with E-state index in [0.717, 1.165) is 37.2 Å². The molecule has 3 rings (SSSR count). The van der Waals surface area contributed by atoms with Gasteiger partial charge in [0, 0.05) is 37.3 Å². The van der Waals surface area contributed by atoms with Gasteiger partial charge in [-0.2, -0.15) is 5.10 Å². The average molecular weight is 292 g/mol. The van der Waals surface area contributed by atoms with Crippen molar-refractivity contribution < 1.29 is 9.53 Å². The maximum Gasteiger partial charge on any atom is 0.275 e. The monoisotopic (exact) mass is 292 g/mol. The lowest BCUT2D eigenvalue weighted by Gasteiger charge is -2.36. The van der Waals surface area contributed by atoms with Crippen molar-refractivity contribution in [3.8, 4) is 0 Å². The number of amides is 1. The minimum Gasteiger partial charge on any atom is -0.377 e. The van der Waals surface area contributed by atoms with Gasteiger partial charge < -0.3 is 15.0 Å². The van der Waals surface area contributed by atoms with Crippen LogP contribution in [0.1, 0.15) is 42.0 Å². The maximum absolute atomic E-state index is 12.9. The predicted molar refractivity (Wildman–Crippen MR) is 79.1 cm³/mol. The van der Waals surface area contributed by atoms with Crippen LogP contribution in [0.4, 0.5) is 0 Å². The van der Waals surface area contributed by atoms with Crippen LogP contribution in [-0.4, -0.2) is 53.3 Å². The van der Waals surface area contributed by atoms with Crippen molar-refractivity contribution in [2.45, 2.75) is 39.3 Å². The lowest BCUT2D eigenvalue weighted by Crippen LogP contribution is -2.49. The number of rotatable bonds is 3. The highest BCUT2D eigenvalue weighted by Crippen LogP contribution is 2.21. The van der Waals surface area contributed by atoms with Gasteiger partial charge in [0.2, 0.25) is 0 Å². The Morgan fingerprint density at radius 2 is 2.38 bits per heavy atom. The largest absolute Gasteiger partial charge is 0.377 e. The van der Waals surface area contributed by atoms with Crippen LogP contribution in [0.2, 0.25) is 0 Å². The van der Waals surface area contributed by atoms with Crippen molar-refractivity contribution in [2.24, 2.45) is 5.92 Å². The van der Waals surface area contributed by atoms with E-state index in [2.05, 4.69) is 29.4 Å². The first-order valence-electron chi connectivity index (χ1n) is 7.82. The van der Waals surface area contributed by atoms with Crippen LogP contribution in [0.15, 0.2) is 0 Å². The van der Waals surface area contributed by atoms with Crippen molar-refractivity contribution >= 4 is 5.91 Å². The molecule has 116 valence electrons. The molecule has 1 fully saturated rings. The molecule has 21 heavy (non-hydrogen) atoms. The van der Waals surface area contributed by atoms with E-state index in [0.29, 0.717) is 31.4 Å². The zero-order valence-electron chi connectivity index (χ0n) is 12.8. The van der Waals surface area contributed by atoms with Gasteiger partial charge in [0.25, 0.3) is 5.91 Å². The number of fused-ring (bicyclic) bond motifs is 1. The molecule has 0 radical (unpaired) electrons. The molecule has 2 N–H and O–H groups in total. The van der Waals surface area contributed by atoms with Crippen LogP contribution in [0, 0.1) is 5.92 Å². The summed E-state index contributed by atoms with van der Waals surface area (Å²) in [5, 5.41) is 10.6. The van der Waals surface area contributed by atoms with E-state index >= 15 is 0 Å². The first-order valence-corrected chi connectivity index (χ1v) is 7.82. The Bertz CT molecular complexity index is 512. The second-order valence-electron chi connectivity index (χ2n) is 6.31. The van der Waals surface area contributed by atoms with Crippen LogP contribution in [-0.2, 0) is 17.7 Å². The fourth-order valence-electron chi connectivity index (χ4n) is 3.20. The third kappa shape index (κ3) is 2.96. The number of aromatic amines is 1. The number of ether oxygens (including phenoxy) is 1. The summed E-state index contributed by atoms with van der Waals surface area (Å²) in [5.41, 5.74) is 2.74. The van der Waals surface area contributed by atoms with Gasteiger partial charge in [-0.3, -0.25) is 9.89 Å². The summed E-state index contributed by atoms with van der Waals surface area (Å²) in [4.78, 5) is 14.8. The Kier molecular flexibility index (Phi) is 4.26. The SMILES string of the molecule is CC(C)CC1COCCN1C(=O)c1n[nH]c2c1CNCC2. The third-order valence-electron chi connectivity index (χ3n) is 4.24. The molecule has 2 aliphatic rings. The van der Waals surface area contributed by atoms with Crippen LogP contribution in [0.25, 0.3) is 0 Å². The number of aromatic nitrogens is 2. The quantitative estimate of drug-likeness (QED) is 0.870. The standard InChI is InChI=1S/C15H24N4O2/c1-10(2)7-11-9-21-6-5-19(11)15(20)14-12-8-16-4-3-13(12)17-18-14/h10-11,16H,3-9H2,1-2H3,(H,17,18). The molecule has 3 heterocycles. The van der Waals surface area contributed by atoms with Gasteiger partial charge >= 0.3 is 0 Å². The molecule has 6 heteroatoms. The molecule has 1 saturated heterocycles. The second-order valence-corrected chi connectivity index (χ2v) is 6.31. The molecule has 0 aliphatic carbocycles. The fourth-order valence-corrected chi connectivity index (χ4v) is 3.20. The summed E-state index contributed by atoms with van der Waals surface area (Å²) in [6, 6.07) is 0.162. The van der Waals surface area contributed by atoms with Gasteiger partial charge in [0.05, 0.1) is 19.3 Å². The number of carbonyl (C=O) groups is 1. The summed E-state index contributed by atoms with van der Waals surface area (Å²) >= 11 is 0. The van der Waals surface area contributed by atoms with Gasteiger partial charge in [-0.1, -0.05) is 13.8 Å². The predicted octanol–water partition coefficient (Wildman–Crippen LogP) is 0.942. The van der Waals surface area contributed by atoms with Gasteiger partial charge in [0.1, 0.15) is 0 Å². The van der Waals surface area contributed by atoms with Crippen LogP contribution in [0.5, 0.6) is 0 Å². The Hall–Kier alpha value is -1.40. The lowest BCUT2D eigenvalue weighted by atomic mass is 10.0. The van der Waals surface area contributed by atoms with E-state index in [-0.39, 0.29) is 11.9 Å². The van der Waals surface area contributed by atoms with E-state index in [4.69, 9.17) is 4.74 Å². The van der Waals surface area contributed by atoms with E-state index in [9.17, 15) is 4.79 Å². The number of hydrogen-bond acceptors (Lipinski definition) is 4. The van der Waals surface area contributed by atoms with E-state index < -0.39 is 0 Å². The molecule has 1 amide bonds. The fraction of sp³-hybridized carbons (Fsp3) is 0.733. The minimum atomic E-state index is 0.0464. The summed E-state index contributed by atoms with van der Waals surface area (Å²) in [5.74, 6) is 0.590. The maximum atomic E-state index is 12.9. The lowest BCUT2D eigenvalue weighted by molar-refractivity contribution is -0.00782. The molecule has 0 spiro atoms. The van der Waals surface area contributed by atoms with Gasteiger partial charge in [0.15, 0.2) is 5.69 Å². The van der Waals surface area contributed by atoms with E-state index in [1.807, 2.05) is 4.90 Å². The van der Waals surface area contributed by atoms with Crippen LogP contribution in [0.3, 0.4) is 0 Å². The number of nitrogens with zero attached hydrogens (tertiary/aromatic N) is 2. The highest BCUT2D eigenvalue weighted by atomic mass is 16.5. The molecular formula is C15H24N4O2. The first kappa shape index (κ1) is 14.5. The van der Waals surface area contributed by atoms with Crippen molar-refractivity contribution in [1.82, 2.24) is 20.4 Å². The van der Waals surface area contributed by atoms with Crippen molar-refractivity contribution in [3.05, 3.63) is 17.0 Å². The van der Waals surface area contributed by atoms with Crippen molar-refractivity contribution in [1.29, 1.82) is 0 Å². The molecule has 0 saturated carbocycles. The molecule has 6 nitrogen and oxygen atoms in total. The number of carbonyl (C=O) groups excluding carboxylic acids is 1. The Labute approximate surface area is 125 Å². The number of morpholine rings is 1. The molecule has 1 atom stereocenters. The Morgan fingerprint density at radius 3 is 3.19 bits per heavy atom. The minimum absolute atomic E-state index is 0.0464. The molecule has 1 unspecified atom stereocenters.